The molecular formula is C22H18ClN3O. The molecule has 0 unspecified atom stereocenters. The van der Waals surface area contributed by atoms with Gasteiger partial charge in [0, 0.05) is 28.6 Å². The fourth-order valence-corrected chi connectivity index (χ4v) is 2.73. The average Bonchev–Trinajstić information content (AvgIpc) is 3.20. The first-order valence-corrected chi connectivity index (χ1v) is 8.37. The van der Waals surface area contributed by atoms with Gasteiger partial charge in [0.1, 0.15) is 5.82 Å². The lowest BCUT2D eigenvalue weighted by Crippen LogP contribution is -2.11. The number of nitrogens with one attached hydrogen (secondary N) is 2. The number of imidazole rings is 1. The quantitative estimate of drug-likeness (QED) is 0.500. The highest BCUT2D eigenvalue weighted by atomic mass is 35.5. The minimum Gasteiger partial charge on any atom is -0.344 e. The second kappa shape index (κ2) is 8.34. The fourth-order valence-electron chi connectivity index (χ4n) is 2.73. The largest absolute Gasteiger partial charge is 0.344 e. The van der Waals surface area contributed by atoms with Crippen LogP contribution in [0.3, 0.4) is 0 Å². The molecule has 0 fully saturated rings. The number of halogens is 1. The molecule has 0 aliphatic heterocycles. The van der Waals surface area contributed by atoms with Crippen LogP contribution in [0.2, 0.25) is 0 Å². The van der Waals surface area contributed by atoms with E-state index < -0.39 is 0 Å². The Morgan fingerprint density at radius 1 is 0.778 bits per heavy atom. The van der Waals surface area contributed by atoms with Crippen molar-refractivity contribution >= 4 is 24.0 Å². The Balaban J connectivity index is 0.00000210. The number of anilines is 1. The maximum atomic E-state index is 12.2. The van der Waals surface area contributed by atoms with Crippen molar-refractivity contribution in [1.82, 2.24) is 9.97 Å². The van der Waals surface area contributed by atoms with Crippen LogP contribution in [-0.4, -0.2) is 15.9 Å². The van der Waals surface area contributed by atoms with Crippen molar-refractivity contribution in [2.45, 2.75) is 0 Å². The Morgan fingerprint density at radius 3 is 2.07 bits per heavy atom. The fraction of sp³-hybridized carbons (Fsp3) is 0. The van der Waals surface area contributed by atoms with E-state index in [4.69, 9.17) is 0 Å². The second-order valence-corrected chi connectivity index (χ2v) is 5.90. The van der Waals surface area contributed by atoms with Crippen LogP contribution in [0.25, 0.3) is 22.6 Å². The first kappa shape index (κ1) is 18.4. The van der Waals surface area contributed by atoms with Gasteiger partial charge < -0.3 is 10.3 Å². The van der Waals surface area contributed by atoms with Crippen LogP contribution >= 0.6 is 12.4 Å². The molecule has 1 amide bonds. The molecule has 3 aromatic carbocycles. The third-order valence-corrected chi connectivity index (χ3v) is 4.10. The van der Waals surface area contributed by atoms with E-state index in [1.165, 1.54) is 0 Å². The normalized spacial score (nSPS) is 10.1. The molecule has 5 heteroatoms. The van der Waals surface area contributed by atoms with Gasteiger partial charge in [0.15, 0.2) is 0 Å². The van der Waals surface area contributed by atoms with Crippen LogP contribution in [0, 0.1) is 0 Å². The van der Waals surface area contributed by atoms with E-state index in [0.717, 1.165) is 28.3 Å². The minimum absolute atomic E-state index is 0. The summed E-state index contributed by atoms with van der Waals surface area (Å²) >= 11 is 0. The molecular weight excluding hydrogens is 358 g/mol. The van der Waals surface area contributed by atoms with Gasteiger partial charge >= 0.3 is 0 Å². The molecule has 134 valence electrons. The van der Waals surface area contributed by atoms with Gasteiger partial charge in [0.25, 0.3) is 5.91 Å². The van der Waals surface area contributed by atoms with E-state index in [1.807, 2.05) is 79.0 Å². The van der Waals surface area contributed by atoms with Gasteiger partial charge in [-0.1, -0.05) is 60.7 Å². The molecule has 2 N–H and O–H groups in total. The summed E-state index contributed by atoms with van der Waals surface area (Å²) in [7, 11) is 0. The van der Waals surface area contributed by atoms with Gasteiger partial charge in [-0.05, 0) is 24.3 Å². The lowest BCUT2D eigenvalue weighted by Gasteiger charge is -2.06. The molecule has 0 spiro atoms. The molecule has 4 nitrogen and oxygen atoms in total. The molecule has 27 heavy (non-hydrogen) atoms. The summed E-state index contributed by atoms with van der Waals surface area (Å²) in [6.45, 7) is 0. The minimum atomic E-state index is -0.121. The number of carbonyl (C=O) groups is 1. The number of H-pyrrole nitrogens is 1. The van der Waals surface area contributed by atoms with Crippen molar-refractivity contribution in [3.05, 3.63) is 96.7 Å². The molecule has 0 saturated carbocycles. The Morgan fingerprint density at radius 2 is 1.41 bits per heavy atom. The van der Waals surface area contributed by atoms with Gasteiger partial charge in [0.2, 0.25) is 0 Å². The summed E-state index contributed by atoms with van der Waals surface area (Å²) in [5, 5.41) is 2.90. The van der Waals surface area contributed by atoms with E-state index in [1.54, 1.807) is 12.1 Å². The highest BCUT2D eigenvalue weighted by Gasteiger charge is 2.08. The Hall–Kier alpha value is -3.37. The van der Waals surface area contributed by atoms with Gasteiger partial charge in [-0.2, -0.15) is 0 Å². The van der Waals surface area contributed by atoms with E-state index in [2.05, 4.69) is 15.3 Å². The van der Waals surface area contributed by atoms with Crippen LogP contribution in [0.4, 0.5) is 5.69 Å². The monoisotopic (exact) mass is 375 g/mol. The molecule has 4 aromatic rings. The number of carbonyl (C=O) groups excluding carboxylic acids is 1. The molecule has 0 atom stereocenters. The number of aromatic nitrogens is 2. The number of rotatable bonds is 4. The van der Waals surface area contributed by atoms with Crippen LogP contribution in [-0.2, 0) is 0 Å². The summed E-state index contributed by atoms with van der Waals surface area (Å²) in [4.78, 5) is 20.1. The van der Waals surface area contributed by atoms with Crippen molar-refractivity contribution in [3.8, 4) is 22.6 Å². The SMILES string of the molecule is Cl.O=C(Nc1ccc(-c2c[nH]c(-c3ccccc3)n2)cc1)c1ccccc1. The standard InChI is InChI=1S/C22H17N3O.ClH/c26-22(18-9-5-2-6-10-18)24-19-13-11-16(12-14-19)20-15-23-21(25-20)17-7-3-1-4-8-17;/h1-15H,(H,23,25)(H,24,26);1H. The highest BCUT2D eigenvalue weighted by molar-refractivity contribution is 6.04. The lowest BCUT2D eigenvalue weighted by atomic mass is 10.1. The number of aromatic amines is 1. The summed E-state index contributed by atoms with van der Waals surface area (Å²) in [6, 6.07) is 26.8. The second-order valence-electron chi connectivity index (χ2n) is 5.90. The number of amides is 1. The van der Waals surface area contributed by atoms with Crippen molar-refractivity contribution < 1.29 is 4.79 Å². The van der Waals surface area contributed by atoms with Crippen LogP contribution < -0.4 is 5.32 Å². The van der Waals surface area contributed by atoms with Gasteiger partial charge in [-0.15, -0.1) is 12.4 Å². The molecule has 4 rings (SSSR count). The third-order valence-electron chi connectivity index (χ3n) is 4.10. The van der Waals surface area contributed by atoms with Crippen LogP contribution in [0.15, 0.2) is 91.1 Å². The van der Waals surface area contributed by atoms with Crippen molar-refractivity contribution in [2.24, 2.45) is 0 Å². The predicted octanol–water partition coefficient (Wildman–Crippen LogP) is 5.42. The zero-order valence-corrected chi connectivity index (χ0v) is 15.2. The van der Waals surface area contributed by atoms with E-state index in [0.29, 0.717) is 5.56 Å². The summed E-state index contributed by atoms with van der Waals surface area (Å²) in [6.07, 6.45) is 1.89. The maximum absolute atomic E-state index is 12.2. The number of benzene rings is 3. The first-order valence-electron chi connectivity index (χ1n) is 8.37. The highest BCUT2D eigenvalue weighted by Crippen LogP contribution is 2.23. The van der Waals surface area contributed by atoms with E-state index >= 15 is 0 Å². The van der Waals surface area contributed by atoms with Gasteiger partial charge in [-0.3, -0.25) is 4.79 Å². The molecule has 0 bridgehead atoms. The van der Waals surface area contributed by atoms with Crippen LogP contribution in [0.5, 0.6) is 0 Å². The smallest absolute Gasteiger partial charge is 0.255 e. The Bertz CT molecular complexity index is 1010. The zero-order valence-electron chi connectivity index (χ0n) is 14.4. The molecule has 1 aromatic heterocycles. The van der Waals surface area contributed by atoms with E-state index in [-0.39, 0.29) is 18.3 Å². The Kier molecular flexibility index (Phi) is 5.69. The lowest BCUT2D eigenvalue weighted by molar-refractivity contribution is 0.102. The van der Waals surface area contributed by atoms with Gasteiger partial charge in [-0.25, -0.2) is 4.98 Å². The Labute approximate surface area is 163 Å². The van der Waals surface area contributed by atoms with E-state index in [9.17, 15) is 4.79 Å². The third kappa shape index (κ3) is 4.25. The molecule has 0 aliphatic carbocycles. The summed E-state index contributed by atoms with van der Waals surface area (Å²) in [5.41, 5.74) is 4.29. The topological polar surface area (TPSA) is 57.8 Å². The van der Waals surface area contributed by atoms with Crippen molar-refractivity contribution in [2.75, 3.05) is 5.32 Å². The van der Waals surface area contributed by atoms with Crippen molar-refractivity contribution in [1.29, 1.82) is 0 Å². The zero-order chi connectivity index (χ0) is 17.8. The first-order chi connectivity index (χ1) is 12.8. The number of hydrogen-bond donors (Lipinski definition) is 2. The maximum Gasteiger partial charge on any atom is 0.255 e. The molecule has 0 radical (unpaired) electrons. The number of hydrogen-bond acceptors (Lipinski definition) is 2. The molecule has 0 aliphatic rings. The average molecular weight is 376 g/mol. The molecule has 1 heterocycles. The summed E-state index contributed by atoms with van der Waals surface area (Å²) in [5.74, 6) is 0.714. The van der Waals surface area contributed by atoms with Gasteiger partial charge in [0.05, 0.1) is 5.69 Å². The number of nitrogens with zero attached hydrogens (tertiary/aromatic N) is 1. The van der Waals surface area contributed by atoms with Crippen LogP contribution in [0.1, 0.15) is 10.4 Å². The predicted molar refractivity (Wildman–Crippen MR) is 111 cm³/mol. The molecule has 0 saturated heterocycles. The van der Waals surface area contributed by atoms with Crippen molar-refractivity contribution in [3.63, 3.8) is 0 Å². The summed E-state index contributed by atoms with van der Waals surface area (Å²) < 4.78 is 0.